The zero-order chi connectivity index (χ0) is 24.7. The Morgan fingerprint density at radius 2 is 1.55 bits per heavy atom. The van der Waals surface area contributed by atoms with Crippen molar-refractivity contribution < 1.29 is 9.26 Å². The first-order chi connectivity index (χ1) is 17.7. The number of fused-ring (bicyclic) bond motifs is 1. The van der Waals surface area contributed by atoms with Gasteiger partial charge in [0, 0.05) is 18.5 Å². The van der Waals surface area contributed by atoms with E-state index in [9.17, 15) is 0 Å². The van der Waals surface area contributed by atoms with E-state index in [0.29, 0.717) is 6.61 Å². The van der Waals surface area contributed by atoms with Gasteiger partial charge < -0.3 is 14.2 Å². The molecule has 7 heteroatoms. The van der Waals surface area contributed by atoms with Gasteiger partial charge in [-0.1, -0.05) is 65.8 Å². The van der Waals surface area contributed by atoms with Crippen LogP contribution in [-0.2, 0) is 26.1 Å². The molecule has 0 amide bonds. The Hall–Kier alpha value is -2.57. The van der Waals surface area contributed by atoms with Gasteiger partial charge in [-0.05, 0) is 82.0 Å². The van der Waals surface area contributed by atoms with Gasteiger partial charge in [0.25, 0.3) is 0 Å². The second-order valence-corrected chi connectivity index (χ2v) is 10.3. The minimum absolute atomic E-state index is 0. The summed E-state index contributed by atoms with van der Waals surface area (Å²) < 4.78 is 12.2. The average molecular weight is 557 g/mol. The van der Waals surface area contributed by atoms with E-state index in [1.54, 1.807) is 0 Å². The van der Waals surface area contributed by atoms with Crippen LogP contribution in [0.1, 0.15) is 41.6 Å². The molecule has 0 unspecified atom stereocenters. The predicted octanol–water partition coefficient (Wildman–Crippen LogP) is 7.16. The molecule has 3 aromatic carbocycles. The van der Waals surface area contributed by atoms with E-state index < -0.39 is 0 Å². The third kappa shape index (κ3) is 7.73. The maximum Gasteiger partial charge on any atom is 0.175 e. The van der Waals surface area contributed by atoms with Crippen molar-refractivity contribution in [1.82, 2.24) is 15.0 Å². The van der Waals surface area contributed by atoms with Crippen LogP contribution in [-0.4, -0.2) is 42.1 Å². The first-order valence-corrected chi connectivity index (χ1v) is 13.1. The fourth-order valence-electron chi connectivity index (χ4n) is 5.22. The van der Waals surface area contributed by atoms with Crippen LogP contribution in [0, 0.1) is 5.92 Å². The van der Waals surface area contributed by atoms with Gasteiger partial charge in [-0.25, -0.2) is 0 Å². The zero-order valence-electron chi connectivity index (χ0n) is 22.3. The summed E-state index contributed by atoms with van der Waals surface area (Å²) in [5.41, 5.74) is 5.57. The van der Waals surface area contributed by atoms with E-state index in [1.807, 2.05) is 18.2 Å². The Labute approximate surface area is 239 Å². The molecular weight excluding hydrogens is 517 g/mol. The first-order valence-electron chi connectivity index (χ1n) is 13.1. The molecule has 0 aliphatic carbocycles. The molecule has 1 fully saturated rings. The molecule has 4 aromatic rings. The van der Waals surface area contributed by atoms with Gasteiger partial charge in [-0.15, -0.1) is 24.8 Å². The van der Waals surface area contributed by atoms with Crippen LogP contribution < -0.4 is 4.74 Å². The normalized spacial score (nSPS) is 14.3. The molecule has 2 heterocycles. The van der Waals surface area contributed by atoms with Gasteiger partial charge >= 0.3 is 0 Å². The van der Waals surface area contributed by atoms with E-state index >= 15 is 0 Å². The SMILES string of the molecule is CN(C)Cc1c(OCc2ccccc2)ccc2c(CCC3CCN(Cc4ccccc4)CC3)noc12.Cl.Cl. The Morgan fingerprint density at radius 1 is 0.895 bits per heavy atom. The number of hydrogen-bond acceptors (Lipinski definition) is 5. The van der Waals surface area contributed by atoms with Crippen molar-refractivity contribution >= 4 is 35.8 Å². The summed E-state index contributed by atoms with van der Waals surface area (Å²) in [6.45, 7) is 4.69. The van der Waals surface area contributed by atoms with Crippen LogP contribution >= 0.6 is 24.8 Å². The number of aryl methyl sites for hydroxylation is 1. The lowest BCUT2D eigenvalue weighted by Gasteiger charge is -2.31. The lowest BCUT2D eigenvalue weighted by atomic mass is 9.91. The largest absolute Gasteiger partial charge is 0.488 e. The highest BCUT2D eigenvalue weighted by atomic mass is 35.5. The zero-order valence-corrected chi connectivity index (χ0v) is 24.0. The lowest BCUT2D eigenvalue weighted by molar-refractivity contribution is 0.172. The minimum Gasteiger partial charge on any atom is -0.488 e. The van der Waals surface area contributed by atoms with Gasteiger partial charge in [-0.3, -0.25) is 4.90 Å². The van der Waals surface area contributed by atoms with E-state index in [4.69, 9.17) is 9.26 Å². The molecule has 0 radical (unpaired) electrons. The quantitative estimate of drug-likeness (QED) is 0.207. The molecule has 1 aliphatic rings. The molecule has 0 saturated carbocycles. The Morgan fingerprint density at radius 3 is 2.21 bits per heavy atom. The highest BCUT2D eigenvalue weighted by molar-refractivity contribution is 5.86. The number of aromatic nitrogens is 1. The van der Waals surface area contributed by atoms with Crippen molar-refractivity contribution in [3.05, 3.63) is 95.2 Å². The summed E-state index contributed by atoms with van der Waals surface area (Å²) in [6.07, 6.45) is 4.63. The van der Waals surface area contributed by atoms with Crippen molar-refractivity contribution in [2.75, 3.05) is 27.2 Å². The number of piperidine rings is 1. The van der Waals surface area contributed by atoms with Gasteiger partial charge in [0.1, 0.15) is 12.4 Å². The molecule has 38 heavy (non-hydrogen) atoms. The summed E-state index contributed by atoms with van der Waals surface area (Å²) >= 11 is 0. The van der Waals surface area contributed by atoms with Crippen LogP contribution in [0.2, 0.25) is 0 Å². The minimum atomic E-state index is 0. The van der Waals surface area contributed by atoms with Gasteiger partial charge in [0.15, 0.2) is 5.58 Å². The number of ether oxygens (including phenoxy) is 1. The van der Waals surface area contributed by atoms with Crippen molar-refractivity contribution in [1.29, 1.82) is 0 Å². The van der Waals surface area contributed by atoms with E-state index in [0.717, 1.165) is 65.4 Å². The predicted molar refractivity (Wildman–Crippen MR) is 159 cm³/mol. The summed E-state index contributed by atoms with van der Waals surface area (Å²) in [7, 11) is 4.14. The van der Waals surface area contributed by atoms with E-state index in [2.05, 4.69) is 83.6 Å². The monoisotopic (exact) mass is 555 g/mol. The second kappa shape index (κ2) is 14.5. The third-order valence-corrected chi connectivity index (χ3v) is 7.23. The molecular formula is C31H39Cl2N3O2. The highest BCUT2D eigenvalue weighted by Gasteiger charge is 2.22. The van der Waals surface area contributed by atoms with Crippen LogP contribution in [0.3, 0.4) is 0 Å². The molecule has 5 nitrogen and oxygen atoms in total. The van der Waals surface area contributed by atoms with Gasteiger partial charge in [0.2, 0.25) is 0 Å². The maximum atomic E-state index is 6.23. The van der Waals surface area contributed by atoms with Crippen molar-refractivity contribution in [3.63, 3.8) is 0 Å². The number of hydrogen-bond donors (Lipinski definition) is 0. The number of halogens is 2. The van der Waals surface area contributed by atoms with Gasteiger partial charge in [0.05, 0.1) is 11.3 Å². The maximum absolute atomic E-state index is 6.23. The lowest BCUT2D eigenvalue weighted by Crippen LogP contribution is -2.33. The second-order valence-electron chi connectivity index (χ2n) is 10.3. The standard InChI is InChI=1S/C31H37N3O2.2ClH/c1-33(2)22-28-30(35-23-26-11-7-4-8-12-26)16-14-27-29(32-36-31(27)28)15-13-24-17-19-34(20-18-24)21-25-9-5-3-6-10-25;;/h3-12,14,16,24H,13,15,17-23H2,1-2H3;2*1H. The average Bonchev–Trinajstić information content (AvgIpc) is 3.32. The van der Waals surface area contributed by atoms with Crippen LogP contribution in [0.4, 0.5) is 0 Å². The third-order valence-electron chi connectivity index (χ3n) is 7.23. The van der Waals surface area contributed by atoms with Gasteiger partial charge in [-0.2, -0.15) is 0 Å². The fourth-order valence-corrected chi connectivity index (χ4v) is 5.22. The smallest absolute Gasteiger partial charge is 0.175 e. The molecule has 0 N–H and O–H groups in total. The summed E-state index contributed by atoms with van der Waals surface area (Å²) in [4.78, 5) is 4.73. The van der Waals surface area contributed by atoms with Crippen LogP contribution in [0.15, 0.2) is 77.3 Å². The van der Waals surface area contributed by atoms with Crippen LogP contribution in [0.5, 0.6) is 5.75 Å². The number of likely N-dealkylation sites (tertiary alicyclic amines) is 1. The molecule has 0 spiro atoms. The molecule has 204 valence electrons. The molecule has 0 bridgehead atoms. The topological polar surface area (TPSA) is 41.7 Å². The van der Waals surface area contributed by atoms with Crippen molar-refractivity contribution in [2.24, 2.45) is 5.92 Å². The number of benzene rings is 3. The number of nitrogens with zero attached hydrogens (tertiary/aromatic N) is 3. The Kier molecular flexibility index (Phi) is 11.5. The Bertz CT molecular complexity index is 1240. The molecule has 5 rings (SSSR count). The molecule has 1 saturated heterocycles. The molecule has 1 aromatic heterocycles. The van der Waals surface area contributed by atoms with E-state index in [1.165, 1.54) is 31.5 Å². The fraction of sp³-hybridized carbons (Fsp3) is 0.387. The Balaban J connectivity index is 0.00000200. The number of rotatable bonds is 10. The van der Waals surface area contributed by atoms with E-state index in [-0.39, 0.29) is 24.8 Å². The molecule has 1 aliphatic heterocycles. The molecule has 0 atom stereocenters. The first kappa shape index (κ1) is 30.0. The van der Waals surface area contributed by atoms with Crippen molar-refractivity contribution in [3.8, 4) is 5.75 Å². The highest BCUT2D eigenvalue weighted by Crippen LogP contribution is 2.33. The summed E-state index contributed by atoms with van der Waals surface area (Å²) in [5, 5.41) is 5.64. The van der Waals surface area contributed by atoms with Crippen molar-refractivity contribution in [2.45, 2.75) is 45.4 Å². The summed E-state index contributed by atoms with van der Waals surface area (Å²) in [6, 6.07) is 25.3. The van der Waals surface area contributed by atoms with Crippen LogP contribution in [0.25, 0.3) is 11.0 Å². The summed E-state index contributed by atoms with van der Waals surface area (Å²) in [5.74, 6) is 1.62.